The Hall–Kier alpha value is -2.83. The van der Waals surface area contributed by atoms with Crippen LogP contribution in [0.4, 0.5) is 0 Å². The molecule has 28 heavy (non-hydrogen) atoms. The van der Waals surface area contributed by atoms with Crippen LogP contribution in [0.25, 0.3) is 0 Å². The number of nitrogens with zero attached hydrogens (tertiary/aromatic N) is 3. The lowest BCUT2D eigenvalue weighted by atomic mass is 10.1. The van der Waals surface area contributed by atoms with Gasteiger partial charge >= 0.3 is 0 Å². The number of aromatic nitrogens is 2. The fraction of sp³-hybridized carbons (Fsp3) is 0.476. The van der Waals surface area contributed by atoms with Crippen LogP contribution in [0.1, 0.15) is 44.6 Å². The van der Waals surface area contributed by atoms with E-state index in [1.807, 2.05) is 53.1 Å². The van der Waals surface area contributed by atoms with Crippen LogP contribution in [-0.4, -0.2) is 40.0 Å². The third-order valence-electron chi connectivity index (χ3n) is 3.96. The first-order valence-electron chi connectivity index (χ1n) is 9.65. The van der Waals surface area contributed by atoms with Gasteiger partial charge in [-0.25, -0.2) is 9.98 Å². The average molecular weight is 385 g/mol. The van der Waals surface area contributed by atoms with Gasteiger partial charge in [-0.2, -0.15) is 0 Å². The Kier molecular flexibility index (Phi) is 7.61. The summed E-state index contributed by atoms with van der Waals surface area (Å²) in [6.07, 6.45) is 3.80. The Morgan fingerprint density at radius 3 is 2.61 bits per heavy atom. The lowest BCUT2D eigenvalue weighted by Crippen LogP contribution is -2.48. The monoisotopic (exact) mass is 384 g/mol. The molecule has 7 nitrogen and oxygen atoms in total. The standard InChI is InChI=1S/C21H32N6O/c1-6-22-20(25-14-19(28)26-21(3,4)5)24-13-17-8-7-9-18(12-17)15-27-11-10-23-16(27)2/h7-12H,6,13-15H2,1-5H3,(H,26,28)(H2,22,24,25). The van der Waals surface area contributed by atoms with Crippen molar-refractivity contribution in [3.05, 3.63) is 53.6 Å². The van der Waals surface area contributed by atoms with E-state index < -0.39 is 0 Å². The Morgan fingerprint density at radius 1 is 1.21 bits per heavy atom. The number of carbonyl (C=O) groups is 1. The molecule has 7 heteroatoms. The highest BCUT2D eigenvalue weighted by Crippen LogP contribution is 2.09. The number of aryl methyl sites for hydroxylation is 1. The van der Waals surface area contributed by atoms with E-state index in [4.69, 9.17) is 0 Å². The molecule has 0 aliphatic carbocycles. The summed E-state index contributed by atoms with van der Waals surface area (Å²) in [6.45, 7) is 12.1. The van der Waals surface area contributed by atoms with E-state index in [9.17, 15) is 4.79 Å². The second-order valence-corrected chi connectivity index (χ2v) is 7.77. The highest BCUT2D eigenvalue weighted by Gasteiger charge is 2.13. The van der Waals surface area contributed by atoms with Gasteiger partial charge in [-0.1, -0.05) is 24.3 Å². The van der Waals surface area contributed by atoms with E-state index in [1.165, 1.54) is 5.56 Å². The fourth-order valence-electron chi connectivity index (χ4n) is 2.73. The topological polar surface area (TPSA) is 83.3 Å². The van der Waals surface area contributed by atoms with Crippen LogP contribution in [0.3, 0.4) is 0 Å². The highest BCUT2D eigenvalue weighted by atomic mass is 16.2. The van der Waals surface area contributed by atoms with Gasteiger partial charge in [0.25, 0.3) is 0 Å². The largest absolute Gasteiger partial charge is 0.357 e. The minimum atomic E-state index is -0.248. The molecule has 2 rings (SSSR count). The molecule has 0 aliphatic rings. The van der Waals surface area contributed by atoms with Crippen LogP contribution in [0.15, 0.2) is 41.7 Å². The average Bonchev–Trinajstić information content (AvgIpc) is 3.01. The molecule has 2 aromatic rings. The number of guanidine groups is 1. The van der Waals surface area contributed by atoms with Crippen molar-refractivity contribution in [1.82, 2.24) is 25.5 Å². The maximum absolute atomic E-state index is 12.0. The zero-order valence-electron chi connectivity index (χ0n) is 17.5. The van der Waals surface area contributed by atoms with E-state index in [0.29, 0.717) is 12.5 Å². The van der Waals surface area contributed by atoms with E-state index >= 15 is 0 Å². The lowest BCUT2D eigenvalue weighted by molar-refractivity contribution is -0.121. The number of nitrogens with one attached hydrogen (secondary N) is 3. The number of carbonyl (C=O) groups excluding carboxylic acids is 1. The van der Waals surface area contributed by atoms with Gasteiger partial charge in [0, 0.05) is 31.0 Å². The maximum Gasteiger partial charge on any atom is 0.239 e. The molecular formula is C21H32N6O. The molecule has 0 atom stereocenters. The van der Waals surface area contributed by atoms with E-state index in [0.717, 1.165) is 24.5 Å². The zero-order chi connectivity index (χ0) is 20.6. The molecule has 1 aromatic heterocycles. The van der Waals surface area contributed by atoms with Crippen LogP contribution >= 0.6 is 0 Å². The van der Waals surface area contributed by atoms with Crippen molar-refractivity contribution in [3.8, 4) is 0 Å². The molecule has 3 N–H and O–H groups in total. The molecule has 0 fully saturated rings. The van der Waals surface area contributed by atoms with Crippen LogP contribution in [-0.2, 0) is 17.9 Å². The quantitative estimate of drug-likeness (QED) is 0.505. The smallest absolute Gasteiger partial charge is 0.239 e. The first kappa shape index (κ1) is 21.5. The number of rotatable bonds is 7. The minimum Gasteiger partial charge on any atom is -0.357 e. The van der Waals surface area contributed by atoms with Crippen molar-refractivity contribution in [2.75, 3.05) is 13.1 Å². The molecule has 0 radical (unpaired) electrons. The summed E-state index contributed by atoms with van der Waals surface area (Å²) in [5, 5.41) is 9.19. The summed E-state index contributed by atoms with van der Waals surface area (Å²) in [7, 11) is 0. The van der Waals surface area contributed by atoms with Gasteiger partial charge in [-0.3, -0.25) is 4.79 Å². The van der Waals surface area contributed by atoms with Crippen molar-refractivity contribution in [3.63, 3.8) is 0 Å². The van der Waals surface area contributed by atoms with E-state index in [-0.39, 0.29) is 18.0 Å². The Morgan fingerprint density at radius 2 is 1.96 bits per heavy atom. The van der Waals surface area contributed by atoms with Gasteiger partial charge in [0.2, 0.25) is 5.91 Å². The first-order valence-corrected chi connectivity index (χ1v) is 9.65. The van der Waals surface area contributed by atoms with Crippen LogP contribution in [0.2, 0.25) is 0 Å². The minimum absolute atomic E-state index is 0.0594. The summed E-state index contributed by atoms with van der Waals surface area (Å²) in [4.78, 5) is 20.9. The third-order valence-corrected chi connectivity index (χ3v) is 3.96. The Labute approximate surface area is 167 Å². The molecule has 0 spiro atoms. The van der Waals surface area contributed by atoms with Gasteiger partial charge in [0.1, 0.15) is 5.82 Å². The van der Waals surface area contributed by atoms with Crippen molar-refractivity contribution in [2.24, 2.45) is 4.99 Å². The zero-order valence-corrected chi connectivity index (χ0v) is 17.5. The van der Waals surface area contributed by atoms with Gasteiger partial charge in [-0.15, -0.1) is 0 Å². The maximum atomic E-state index is 12.0. The highest BCUT2D eigenvalue weighted by molar-refractivity contribution is 5.86. The predicted octanol–water partition coefficient (Wildman–Crippen LogP) is 2.21. The van der Waals surface area contributed by atoms with Crippen LogP contribution < -0.4 is 16.0 Å². The molecule has 0 saturated heterocycles. The van der Waals surface area contributed by atoms with Crippen molar-refractivity contribution in [1.29, 1.82) is 0 Å². The summed E-state index contributed by atoms with van der Waals surface area (Å²) >= 11 is 0. The number of hydrogen-bond acceptors (Lipinski definition) is 3. The van der Waals surface area contributed by atoms with Gasteiger partial charge in [-0.05, 0) is 45.7 Å². The molecular weight excluding hydrogens is 352 g/mol. The summed E-state index contributed by atoms with van der Waals surface area (Å²) in [6, 6.07) is 8.36. The van der Waals surface area contributed by atoms with Gasteiger partial charge < -0.3 is 20.5 Å². The Balaban J connectivity index is 1.97. The van der Waals surface area contributed by atoms with E-state index in [1.54, 1.807) is 0 Å². The number of aliphatic imine (C=N–C) groups is 1. The third kappa shape index (κ3) is 7.42. The fourth-order valence-corrected chi connectivity index (χ4v) is 2.73. The first-order chi connectivity index (χ1) is 13.3. The molecule has 0 bridgehead atoms. The molecule has 0 aliphatic heterocycles. The number of amides is 1. The summed E-state index contributed by atoms with van der Waals surface area (Å²) < 4.78 is 2.11. The second-order valence-electron chi connectivity index (χ2n) is 7.77. The SMILES string of the molecule is CCNC(=NCc1cccc(Cn2ccnc2C)c1)NCC(=O)NC(C)(C)C. The van der Waals surface area contributed by atoms with Crippen molar-refractivity contribution in [2.45, 2.75) is 53.2 Å². The number of imidazole rings is 1. The van der Waals surface area contributed by atoms with Crippen LogP contribution in [0.5, 0.6) is 0 Å². The summed E-state index contributed by atoms with van der Waals surface area (Å²) in [5.74, 6) is 1.56. The molecule has 152 valence electrons. The van der Waals surface area contributed by atoms with Gasteiger partial charge in [0.15, 0.2) is 5.96 Å². The second kappa shape index (κ2) is 9.92. The lowest BCUT2D eigenvalue weighted by Gasteiger charge is -2.21. The number of benzene rings is 1. The molecule has 1 aromatic carbocycles. The molecule has 1 amide bonds. The van der Waals surface area contributed by atoms with Gasteiger partial charge in [0.05, 0.1) is 13.1 Å². The molecule has 0 unspecified atom stereocenters. The van der Waals surface area contributed by atoms with E-state index in [2.05, 4.69) is 48.7 Å². The molecule has 1 heterocycles. The van der Waals surface area contributed by atoms with Crippen molar-refractivity contribution >= 4 is 11.9 Å². The summed E-state index contributed by atoms with van der Waals surface area (Å²) in [5.41, 5.74) is 2.07. The van der Waals surface area contributed by atoms with Crippen LogP contribution in [0, 0.1) is 6.92 Å². The number of hydrogen-bond donors (Lipinski definition) is 3. The van der Waals surface area contributed by atoms with Crippen molar-refractivity contribution < 1.29 is 4.79 Å². The Bertz CT molecular complexity index is 803. The molecule has 0 saturated carbocycles. The predicted molar refractivity (Wildman–Crippen MR) is 113 cm³/mol. The normalized spacial score (nSPS) is 12.0.